The van der Waals surface area contributed by atoms with E-state index in [0.29, 0.717) is 6.42 Å². The van der Waals surface area contributed by atoms with Gasteiger partial charge in [-0.1, -0.05) is 50.6 Å². The van der Waals surface area contributed by atoms with Crippen LogP contribution in [0.5, 0.6) is 0 Å². The number of hydrogen-bond donors (Lipinski definition) is 0. The summed E-state index contributed by atoms with van der Waals surface area (Å²) < 4.78 is 5.45. The molecule has 0 aliphatic carbocycles. The first kappa shape index (κ1) is 12.8. The molecule has 0 heterocycles. The molecule has 0 radical (unpaired) electrons. The van der Waals surface area contributed by atoms with Crippen LogP contribution in [0.25, 0.3) is 0 Å². The summed E-state index contributed by atoms with van der Waals surface area (Å²) in [5.41, 5.74) is 1.08. The second-order valence-electron chi connectivity index (χ2n) is 3.90. The lowest BCUT2D eigenvalue weighted by Crippen LogP contribution is -2.10. The molecule has 2 nitrogen and oxygen atoms in total. The van der Waals surface area contributed by atoms with Crippen LogP contribution in [0, 0.1) is 0 Å². The standard InChI is InChI=1S/C14H20O2/c1-3-5-11-14(15)16-13(4-2)12-9-7-6-8-10-12/h6-10,13H,3-5,11H2,1-2H3. The first-order chi connectivity index (χ1) is 7.77. The number of unbranched alkanes of at least 4 members (excludes halogenated alkanes) is 1. The molecule has 0 aliphatic rings. The van der Waals surface area contributed by atoms with Gasteiger partial charge in [0.15, 0.2) is 0 Å². The van der Waals surface area contributed by atoms with Gasteiger partial charge in [-0.3, -0.25) is 4.79 Å². The molecule has 1 atom stereocenters. The van der Waals surface area contributed by atoms with Gasteiger partial charge >= 0.3 is 5.97 Å². The molecule has 0 aromatic heterocycles. The van der Waals surface area contributed by atoms with E-state index in [1.165, 1.54) is 0 Å². The molecular formula is C14H20O2. The maximum absolute atomic E-state index is 11.5. The Kier molecular flexibility index (Phi) is 5.62. The fourth-order valence-corrected chi connectivity index (χ4v) is 1.59. The van der Waals surface area contributed by atoms with Crippen molar-refractivity contribution in [2.45, 2.75) is 45.6 Å². The van der Waals surface area contributed by atoms with E-state index < -0.39 is 0 Å². The third kappa shape index (κ3) is 4.05. The Morgan fingerprint density at radius 1 is 1.25 bits per heavy atom. The number of esters is 1. The lowest BCUT2D eigenvalue weighted by molar-refractivity contribution is -0.149. The van der Waals surface area contributed by atoms with Crippen LogP contribution in [0.1, 0.15) is 51.2 Å². The Morgan fingerprint density at radius 3 is 2.50 bits per heavy atom. The van der Waals surface area contributed by atoms with Crippen LogP contribution in [-0.4, -0.2) is 5.97 Å². The van der Waals surface area contributed by atoms with Gasteiger partial charge in [0.1, 0.15) is 6.10 Å². The SMILES string of the molecule is CCCCC(=O)OC(CC)c1ccccc1. The molecule has 2 heteroatoms. The maximum atomic E-state index is 11.5. The van der Waals surface area contributed by atoms with Gasteiger partial charge in [0.2, 0.25) is 0 Å². The molecule has 0 spiro atoms. The van der Waals surface area contributed by atoms with E-state index in [-0.39, 0.29) is 12.1 Å². The number of ether oxygens (including phenoxy) is 1. The number of benzene rings is 1. The predicted octanol–water partition coefficient (Wildman–Crippen LogP) is 3.87. The number of carbonyl (C=O) groups is 1. The van der Waals surface area contributed by atoms with E-state index in [0.717, 1.165) is 24.8 Å². The Bertz CT molecular complexity index is 306. The summed E-state index contributed by atoms with van der Waals surface area (Å²) in [6, 6.07) is 9.91. The smallest absolute Gasteiger partial charge is 0.306 e. The molecule has 1 rings (SSSR count). The van der Waals surface area contributed by atoms with Gasteiger partial charge in [-0.05, 0) is 18.4 Å². The fraction of sp³-hybridized carbons (Fsp3) is 0.500. The zero-order chi connectivity index (χ0) is 11.8. The largest absolute Gasteiger partial charge is 0.457 e. The summed E-state index contributed by atoms with van der Waals surface area (Å²) in [4.78, 5) is 11.5. The average Bonchev–Trinajstić information content (AvgIpc) is 2.34. The van der Waals surface area contributed by atoms with Crippen LogP contribution in [0.4, 0.5) is 0 Å². The minimum atomic E-state index is -0.0921. The molecule has 16 heavy (non-hydrogen) atoms. The van der Waals surface area contributed by atoms with E-state index in [1.807, 2.05) is 37.3 Å². The normalized spacial score (nSPS) is 12.1. The summed E-state index contributed by atoms with van der Waals surface area (Å²) in [5, 5.41) is 0. The van der Waals surface area contributed by atoms with Crippen LogP contribution >= 0.6 is 0 Å². The topological polar surface area (TPSA) is 26.3 Å². The highest BCUT2D eigenvalue weighted by atomic mass is 16.5. The summed E-state index contributed by atoms with van der Waals surface area (Å²) >= 11 is 0. The zero-order valence-corrected chi connectivity index (χ0v) is 10.1. The Morgan fingerprint density at radius 2 is 1.94 bits per heavy atom. The highest BCUT2D eigenvalue weighted by molar-refractivity contribution is 5.69. The van der Waals surface area contributed by atoms with Gasteiger partial charge in [-0.25, -0.2) is 0 Å². The fourth-order valence-electron chi connectivity index (χ4n) is 1.59. The van der Waals surface area contributed by atoms with Crippen molar-refractivity contribution in [1.29, 1.82) is 0 Å². The molecule has 0 aliphatic heterocycles. The molecule has 0 amide bonds. The highest BCUT2D eigenvalue weighted by Gasteiger charge is 2.13. The van der Waals surface area contributed by atoms with Crippen molar-refractivity contribution in [3.05, 3.63) is 35.9 Å². The van der Waals surface area contributed by atoms with Crippen molar-refractivity contribution in [3.63, 3.8) is 0 Å². The van der Waals surface area contributed by atoms with Gasteiger partial charge in [0.05, 0.1) is 0 Å². The first-order valence-electron chi connectivity index (χ1n) is 6.02. The van der Waals surface area contributed by atoms with Gasteiger partial charge < -0.3 is 4.74 Å². The van der Waals surface area contributed by atoms with E-state index in [1.54, 1.807) is 0 Å². The Labute approximate surface area is 97.6 Å². The molecule has 0 saturated carbocycles. The first-order valence-corrected chi connectivity index (χ1v) is 6.02. The van der Waals surface area contributed by atoms with Gasteiger partial charge in [0.25, 0.3) is 0 Å². The van der Waals surface area contributed by atoms with Gasteiger partial charge in [-0.2, -0.15) is 0 Å². The van der Waals surface area contributed by atoms with Crippen LogP contribution < -0.4 is 0 Å². The van der Waals surface area contributed by atoms with Crippen molar-refractivity contribution in [2.24, 2.45) is 0 Å². The van der Waals surface area contributed by atoms with E-state index >= 15 is 0 Å². The minimum Gasteiger partial charge on any atom is -0.457 e. The summed E-state index contributed by atoms with van der Waals surface area (Å²) in [6.45, 7) is 4.10. The lowest BCUT2D eigenvalue weighted by Gasteiger charge is -2.16. The van der Waals surface area contributed by atoms with Crippen LogP contribution in [0.15, 0.2) is 30.3 Å². The molecular weight excluding hydrogens is 200 g/mol. The predicted molar refractivity (Wildman–Crippen MR) is 65.1 cm³/mol. The number of rotatable bonds is 6. The van der Waals surface area contributed by atoms with E-state index in [4.69, 9.17) is 4.74 Å². The molecule has 0 N–H and O–H groups in total. The molecule has 1 aromatic carbocycles. The van der Waals surface area contributed by atoms with E-state index in [9.17, 15) is 4.79 Å². The Balaban J connectivity index is 2.52. The summed E-state index contributed by atoms with van der Waals surface area (Å²) in [5.74, 6) is -0.0856. The second kappa shape index (κ2) is 7.04. The molecule has 0 bridgehead atoms. The van der Waals surface area contributed by atoms with Crippen molar-refractivity contribution in [1.82, 2.24) is 0 Å². The molecule has 0 fully saturated rings. The second-order valence-corrected chi connectivity index (χ2v) is 3.90. The quantitative estimate of drug-likeness (QED) is 0.680. The third-order valence-corrected chi connectivity index (χ3v) is 2.55. The van der Waals surface area contributed by atoms with Gasteiger partial charge in [-0.15, -0.1) is 0 Å². The van der Waals surface area contributed by atoms with Crippen molar-refractivity contribution in [3.8, 4) is 0 Å². The van der Waals surface area contributed by atoms with Crippen LogP contribution in [0.3, 0.4) is 0 Å². The average molecular weight is 220 g/mol. The highest BCUT2D eigenvalue weighted by Crippen LogP contribution is 2.21. The molecule has 1 aromatic rings. The van der Waals surface area contributed by atoms with E-state index in [2.05, 4.69) is 6.92 Å². The Hall–Kier alpha value is -1.31. The monoisotopic (exact) mass is 220 g/mol. The summed E-state index contributed by atoms with van der Waals surface area (Å²) in [7, 11) is 0. The molecule has 88 valence electrons. The zero-order valence-electron chi connectivity index (χ0n) is 10.1. The van der Waals surface area contributed by atoms with Gasteiger partial charge in [0, 0.05) is 6.42 Å². The molecule has 1 unspecified atom stereocenters. The van der Waals surface area contributed by atoms with Crippen LogP contribution in [0.2, 0.25) is 0 Å². The lowest BCUT2D eigenvalue weighted by atomic mass is 10.1. The minimum absolute atomic E-state index is 0.0856. The number of hydrogen-bond acceptors (Lipinski definition) is 2. The number of carbonyl (C=O) groups excluding carboxylic acids is 1. The molecule has 0 saturated heterocycles. The van der Waals surface area contributed by atoms with Crippen LogP contribution in [-0.2, 0) is 9.53 Å². The maximum Gasteiger partial charge on any atom is 0.306 e. The summed E-state index contributed by atoms with van der Waals surface area (Å²) in [6.07, 6.45) is 3.19. The van der Waals surface area contributed by atoms with Crippen molar-refractivity contribution in [2.75, 3.05) is 0 Å². The van der Waals surface area contributed by atoms with Crippen molar-refractivity contribution < 1.29 is 9.53 Å². The van der Waals surface area contributed by atoms with Crippen molar-refractivity contribution >= 4 is 5.97 Å². The third-order valence-electron chi connectivity index (χ3n) is 2.55.